The number of allylic oxidation sites excluding steroid dienone is 2. The normalized spacial score (nSPS) is 37.3. The molecule has 8 nitrogen and oxygen atoms in total. The Balaban J connectivity index is 1.49. The van der Waals surface area contributed by atoms with E-state index in [0.717, 1.165) is 24.8 Å². The molecule has 1 amide bonds. The molecule has 0 aromatic carbocycles. The summed E-state index contributed by atoms with van der Waals surface area (Å²) in [6.07, 6.45) is 10.8. The molecule has 0 bridgehead atoms. The van der Waals surface area contributed by atoms with E-state index in [1.165, 1.54) is 12.2 Å². The lowest BCUT2D eigenvalue weighted by atomic mass is 9.88. The van der Waals surface area contributed by atoms with E-state index in [-0.39, 0.29) is 54.3 Å². The minimum absolute atomic E-state index is 0.00233. The van der Waals surface area contributed by atoms with Gasteiger partial charge in [0.1, 0.15) is 0 Å². The van der Waals surface area contributed by atoms with Gasteiger partial charge in [-0.05, 0) is 39.5 Å². The fraction of sp³-hybridized carbons (Fsp3) is 0.692. The Morgan fingerprint density at radius 2 is 1.94 bits per heavy atom. The molecule has 0 unspecified atom stereocenters. The number of aliphatic hydroxyl groups excluding tert-OH is 1. The van der Waals surface area contributed by atoms with E-state index in [9.17, 15) is 14.7 Å². The highest BCUT2D eigenvalue weighted by Crippen LogP contribution is 2.43. The molecule has 0 saturated carbocycles. The van der Waals surface area contributed by atoms with E-state index in [0.29, 0.717) is 13.0 Å². The van der Waals surface area contributed by atoms with Crippen LogP contribution in [0.25, 0.3) is 0 Å². The summed E-state index contributed by atoms with van der Waals surface area (Å²) in [5.41, 5.74) is 0.891. The van der Waals surface area contributed by atoms with Gasteiger partial charge in [-0.3, -0.25) is 9.59 Å². The Morgan fingerprint density at radius 3 is 2.59 bits per heavy atom. The van der Waals surface area contributed by atoms with Gasteiger partial charge >= 0.3 is 5.97 Å². The van der Waals surface area contributed by atoms with Crippen molar-refractivity contribution in [3.8, 4) is 0 Å². The first-order valence-electron chi connectivity index (χ1n) is 12.2. The second-order valence-electron chi connectivity index (χ2n) is 10.1. The molecule has 0 radical (unpaired) electrons. The van der Waals surface area contributed by atoms with Crippen molar-refractivity contribution in [1.29, 1.82) is 0 Å². The topological polar surface area (TPSA) is 118 Å². The molecular weight excluding hydrogens is 438 g/mol. The molecule has 0 aromatic heterocycles. The number of hydrogen-bond donors (Lipinski definition) is 3. The zero-order valence-electron chi connectivity index (χ0n) is 20.6. The van der Waals surface area contributed by atoms with Crippen molar-refractivity contribution in [3.05, 3.63) is 36.0 Å². The molecule has 0 aromatic rings. The average molecular weight is 478 g/mol. The molecular formula is C26H39NO7. The molecule has 3 aliphatic rings. The summed E-state index contributed by atoms with van der Waals surface area (Å²) in [5.74, 6) is -0.794. The molecule has 3 fully saturated rings. The predicted octanol–water partition coefficient (Wildman–Crippen LogP) is 2.91. The molecule has 8 heteroatoms. The number of carbonyl (C=O) groups is 2. The Bertz CT molecular complexity index is 814. The Labute approximate surface area is 202 Å². The van der Waals surface area contributed by atoms with Gasteiger partial charge < -0.3 is 29.7 Å². The van der Waals surface area contributed by atoms with Crippen molar-refractivity contribution in [2.45, 2.75) is 102 Å². The number of ether oxygens (including phenoxy) is 3. The van der Waals surface area contributed by atoms with Gasteiger partial charge in [0.2, 0.25) is 5.91 Å². The molecule has 8 atom stereocenters. The quantitative estimate of drug-likeness (QED) is 0.265. The highest BCUT2D eigenvalue weighted by Gasteiger charge is 2.51. The second-order valence-corrected chi connectivity index (χ2v) is 10.1. The molecule has 3 N–H and O–H groups in total. The summed E-state index contributed by atoms with van der Waals surface area (Å²) in [4.78, 5) is 23.1. The van der Waals surface area contributed by atoms with Crippen LogP contribution in [0.1, 0.15) is 59.8 Å². The maximum absolute atomic E-state index is 12.1. The lowest BCUT2D eigenvalue weighted by molar-refractivity contribution is -0.143. The Hall–Kier alpha value is -2.00. The Morgan fingerprint density at radius 1 is 1.21 bits per heavy atom. The van der Waals surface area contributed by atoms with Gasteiger partial charge in [-0.1, -0.05) is 36.8 Å². The number of aliphatic carboxylic acids is 1. The number of amides is 1. The van der Waals surface area contributed by atoms with Crippen molar-refractivity contribution in [2.75, 3.05) is 6.61 Å². The number of rotatable bonds is 9. The fourth-order valence-corrected chi connectivity index (χ4v) is 4.77. The third kappa shape index (κ3) is 8.05. The number of nitrogens with one attached hydrogen (secondary N) is 1. The van der Waals surface area contributed by atoms with E-state index in [4.69, 9.17) is 19.3 Å². The number of aliphatic hydroxyl groups is 1. The second kappa shape index (κ2) is 11.6. The van der Waals surface area contributed by atoms with Gasteiger partial charge in [0.25, 0.3) is 0 Å². The van der Waals surface area contributed by atoms with Crippen LogP contribution in [-0.2, 0) is 23.8 Å². The number of carbonyl (C=O) groups excluding carboxylic acids is 1. The van der Waals surface area contributed by atoms with Gasteiger partial charge in [-0.25, -0.2) is 0 Å². The van der Waals surface area contributed by atoms with Crippen LogP contribution in [0, 0.1) is 5.92 Å². The number of hydrogen-bond acceptors (Lipinski definition) is 6. The van der Waals surface area contributed by atoms with Crippen molar-refractivity contribution >= 4 is 11.9 Å². The van der Waals surface area contributed by atoms with Gasteiger partial charge in [0.15, 0.2) is 0 Å². The summed E-state index contributed by atoms with van der Waals surface area (Å²) >= 11 is 0. The van der Waals surface area contributed by atoms with Crippen LogP contribution in [0.3, 0.4) is 0 Å². The van der Waals surface area contributed by atoms with Crippen molar-refractivity contribution in [3.63, 3.8) is 0 Å². The van der Waals surface area contributed by atoms with Crippen LogP contribution >= 0.6 is 0 Å². The summed E-state index contributed by atoms with van der Waals surface area (Å²) in [6.45, 7) is 8.42. The first-order chi connectivity index (χ1) is 16.0. The molecule has 3 saturated heterocycles. The van der Waals surface area contributed by atoms with Crippen LogP contribution in [0.2, 0.25) is 0 Å². The summed E-state index contributed by atoms with van der Waals surface area (Å²) in [7, 11) is 0. The SMILES string of the molecule is CC(C=C[C@@H]1C[C@]2(CO2)C[C@@H](CC(=O)O)O1)=CC[C@@H]1O[C@H](C)[C@H](NC(=O)C=C[C@H](C)O)C[C@@H]1C. The van der Waals surface area contributed by atoms with E-state index in [2.05, 4.69) is 18.3 Å². The maximum atomic E-state index is 12.1. The fourth-order valence-electron chi connectivity index (χ4n) is 4.77. The third-order valence-corrected chi connectivity index (χ3v) is 6.81. The van der Waals surface area contributed by atoms with Crippen LogP contribution in [-0.4, -0.2) is 70.9 Å². The smallest absolute Gasteiger partial charge is 0.305 e. The molecule has 0 aliphatic carbocycles. The van der Waals surface area contributed by atoms with E-state index >= 15 is 0 Å². The van der Waals surface area contributed by atoms with Crippen molar-refractivity contribution in [2.24, 2.45) is 5.92 Å². The molecule has 3 rings (SSSR count). The minimum atomic E-state index is -0.852. The third-order valence-electron chi connectivity index (χ3n) is 6.81. The lowest BCUT2D eigenvalue weighted by Gasteiger charge is -2.39. The molecule has 190 valence electrons. The monoisotopic (exact) mass is 477 g/mol. The minimum Gasteiger partial charge on any atom is -0.481 e. The van der Waals surface area contributed by atoms with Crippen LogP contribution in [0.4, 0.5) is 0 Å². The number of epoxide rings is 1. The van der Waals surface area contributed by atoms with Crippen LogP contribution < -0.4 is 5.32 Å². The van der Waals surface area contributed by atoms with Gasteiger partial charge in [0, 0.05) is 18.9 Å². The first-order valence-corrected chi connectivity index (χ1v) is 12.2. The molecule has 3 aliphatic heterocycles. The maximum Gasteiger partial charge on any atom is 0.305 e. The molecule has 1 spiro atoms. The summed E-state index contributed by atoms with van der Waals surface area (Å²) in [6, 6.07) is -0.0680. The average Bonchev–Trinajstić information content (AvgIpc) is 3.49. The predicted molar refractivity (Wildman–Crippen MR) is 127 cm³/mol. The standard InChI is InChI=1S/C26H39NO7/c1-16(5-8-20-13-26(15-32-26)14-21(34-20)12-25(30)31)6-9-23-17(2)11-22(19(4)33-23)27-24(29)10-7-18(3)28/h5-8,10,17-23,28H,9,11-15H2,1-4H3,(H,27,29)(H,30,31)/t17-,18-,19+,20+,21+,22+,23-,26+/m0/s1. The lowest BCUT2D eigenvalue weighted by Crippen LogP contribution is -2.50. The van der Waals surface area contributed by atoms with E-state index < -0.39 is 12.1 Å². The van der Waals surface area contributed by atoms with Crippen LogP contribution in [0.5, 0.6) is 0 Å². The highest BCUT2D eigenvalue weighted by molar-refractivity contribution is 5.87. The Kier molecular flexibility index (Phi) is 9.09. The van der Waals surface area contributed by atoms with E-state index in [1.54, 1.807) is 6.92 Å². The van der Waals surface area contributed by atoms with Crippen LogP contribution in [0.15, 0.2) is 36.0 Å². The zero-order valence-corrected chi connectivity index (χ0v) is 20.6. The van der Waals surface area contributed by atoms with Gasteiger partial charge in [-0.2, -0.15) is 0 Å². The number of carboxylic acid groups (broad SMARTS) is 1. The summed E-state index contributed by atoms with van der Waals surface area (Å²) in [5, 5.41) is 21.4. The van der Waals surface area contributed by atoms with Gasteiger partial charge in [0.05, 0.1) is 55.2 Å². The first kappa shape index (κ1) is 26.6. The number of carboxylic acids is 1. The zero-order chi connectivity index (χ0) is 24.9. The summed E-state index contributed by atoms with van der Waals surface area (Å²) < 4.78 is 17.8. The largest absolute Gasteiger partial charge is 0.481 e. The van der Waals surface area contributed by atoms with Crippen molar-refractivity contribution < 1.29 is 34.0 Å². The molecule has 3 heterocycles. The highest BCUT2D eigenvalue weighted by atomic mass is 16.6. The van der Waals surface area contributed by atoms with E-state index in [1.807, 2.05) is 26.0 Å². The molecule has 34 heavy (non-hydrogen) atoms. The van der Waals surface area contributed by atoms with Crippen molar-refractivity contribution in [1.82, 2.24) is 5.32 Å². The van der Waals surface area contributed by atoms with Gasteiger partial charge in [-0.15, -0.1) is 0 Å².